The molecular formula is C12H9BrClFOS. The number of aliphatic hydroxyl groups is 1. The van der Waals surface area contributed by atoms with Crippen molar-refractivity contribution >= 4 is 38.9 Å². The third kappa shape index (κ3) is 2.40. The van der Waals surface area contributed by atoms with Crippen molar-refractivity contribution in [2.75, 3.05) is 0 Å². The molecule has 1 heterocycles. The third-order valence-electron chi connectivity index (χ3n) is 2.45. The summed E-state index contributed by atoms with van der Waals surface area (Å²) in [7, 11) is 0. The van der Waals surface area contributed by atoms with Crippen LogP contribution in [-0.4, -0.2) is 5.11 Å². The van der Waals surface area contributed by atoms with Gasteiger partial charge >= 0.3 is 0 Å². The first-order valence-electron chi connectivity index (χ1n) is 4.88. The zero-order valence-electron chi connectivity index (χ0n) is 8.88. The van der Waals surface area contributed by atoms with Gasteiger partial charge in [-0.15, -0.1) is 11.3 Å². The second-order valence-corrected chi connectivity index (χ2v) is 5.79. The monoisotopic (exact) mass is 334 g/mol. The normalized spacial score (nSPS) is 12.8. The van der Waals surface area contributed by atoms with E-state index in [-0.39, 0.29) is 5.56 Å². The molecule has 0 spiro atoms. The van der Waals surface area contributed by atoms with Crippen molar-refractivity contribution in [2.45, 2.75) is 13.0 Å². The van der Waals surface area contributed by atoms with Gasteiger partial charge in [0.1, 0.15) is 11.9 Å². The molecule has 1 aromatic heterocycles. The fraction of sp³-hybridized carbons (Fsp3) is 0.167. The van der Waals surface area contributed by atoms with Crippen LogP contribution in [0, 0.1) is 12.7 Å². The first-order chi connectivity index (χ1) is 8.02. The van der Waals surface area contributed by atoms with Gasteiger partial charge in [-0.25, -0.2) is 4.39 Å². The van der Waals surface area contributed by atoms with Crippen LogP contribution in [0.15, 0.2) is 28.1 Å². The second-order valence-electron chi connectivity index (χ2n) is 3.64. The van der Waals surface area contributed by atoms with E-state index >= 15 is 0 Å². The Balaban J connectivity index is 2.47. The van der Waals surface area contributed by atoms with E-state index in [2.05, 4.69) is 15.9 Å². The standard InChI is InChI=1S/C12H9BrClFOS/c1-6-5-17-12(9(6)14)11(16)7-3-2-4-8(13)10(7)15/h2-5,11,16H,1H3. The number of hydrogen-bond acceptors (Lipinski definition) is 2. The second kappa shape index (κ2) is 5.06. The number of thiophene rings is 1. The van der Waals surface area contributed by atoms with E-state index in [1.165, 1.54) is 11.3 Å². The van der Waals surface area contributed by atoms with Gasteiger partial charge < -0.3 is 5.11 Å². The number of aliphatic hydroxyl groups excluding tert-OH is 1. The SMILES string of the molecule is Cc1csc(C(O)c2cccc(Br)c2F)c1Cl. The summed E-state index contributed by atoms with van der Waals surface area (Å²) in [6.45, 7) is 1.85. The quantitative estimate of drug-likeness (QED) is 0.844. The molecule has 0 saturated carbocycles. The number of benzene rings is 1. The minimum absolute atomic E-state index is 0.225. The molecule has 17 heavy (non-hydrogen) atoms. The Morgan fingerprint density at radius 3 is 2.76 bits per heavy atom. The summed E-state index contributed by atoms with van der Waals surface area (Å²) in [5.74, 6) is -0.456. The van der Waals surface area contributed by atoms with Gasteiger partial charge in [-0.05, 0) is 39.9 Å². The Morgan fingerprint density at radius 1 is 1.47 bits per heavy atom. The van der Waals surface area contributed by atoms with E-state index in [1.54, 1.807) is 18.2 Å². The first-order valence-corrected chi connectivity index (χ1v) is 6.93. The van der Waals surface area contributed by atoms with Crippen molar-refractivity contribution in [1.82, 2.24) is 0 Å². The Morgan fingerprint density at radius 2 is 2.18 bits per heavy atom. The van der Waals surface area contributed by atoms with Crippen LogP contribution in [0.5, 0.6) is 0 Å². The maximum atomic E-state index is 13.8. The summed E-state index contributed by atoms with van der Waals surface area (Å²) in [4.78, 5) is 0.571. The molecule has 0 bridgehead atoms. The Bertz CT molecular complexity index is 555. The highest BCUT2D eigenvalue weighted by molar-refractivity contribution is 9.10. The highest BCUT2D eigenvalue weighted by atomic mass is 79.9. The maximum absolute atomic E-state index is 13.8. The topological polar surface area (TPSA) is 20.2 Å². The third-order valence-corrected chi connectivity index (χ3v) is 4.83. The van der Waals surface area contributed by atoms with E-state index in [0.717, 1.165) is 5.56 Å². The van der Waals surface area contributed by atoms with Crippen LogP contribution in [0.4, 0.5) is 4.39 Å². The van der Waals surface area contributed by atoms with E-state index in [1.807, 2.05) is 12.3 Å². The number of rotatable bonds is 2. The lowest BCUT2D eigenvalue weighted by atomic mass is 10.1. The van der Waals surface area contributed by atoms with E-state index in [4.69, 9.17) is 11.6 Å². The molecule has 0 fully saturated rings. The lowest BCUT2D eigenvalue weighted by Gasteiger charge is -2.11. The van der Waals surface area contributed by atoms with Crippen molar-refractivity contribution in [2.24, 2.45) is 0 Å². The summed E-state index contributed by atoms with van der Waals surface area (Å²) in [6.07, 6.45) is -1.03. The molecule has 0 radical (unpaired) electrons. The van der Waals surface area contributed by atoms with E-state index in [9.17, 15) is 9.50 Å². The molecule has 1 N–H and O–H groups in total. The van der Waals surface area contributed by atoms with Gasteiger partial charge in [0.2, 0.25) is 0 Å². The predicted octanol–water partition coefficient (Wildman–Crippen LogP) is 4.69. The summed E-state index contributed by atoms with van der Waals surface area (Å²) >= 11 is 10.5. The molecule has 5 heteroatoms. The van der Waals surface area contributed by atoms with Crippen LogP contribution in [0.25, 0.3) is 0 Å². The fourth-order valence-electron chi connectivity index (χ4n) is 1.51. The molecule has 1 unspecified atom stereocenters. The molecule has 1 atom stereocenters. The van der Waals surface area contributed by atoms with Crippen LogP contribution in [0.2, 0.25) is 5.02 Å². The first kappa shape index (κ1) is 13.0. The summed E-state index contributed by atoms with van der Waals surface area (Å²) in [5.41, 5.74) is 1.12. The van der Waals surface area contributed by atoms with Crippen molar-refractivity contribution in [3.63, 3.8) is 0 Å². The number of hydrogen-bond donors (Lipinski definition) is 1. The minimum atomic E-state index is -1.03. The van der Waals surface area contributed by atoms with Crippen LogP contribution >= 0.6 is 38.9 Å². The number of aryl methyl sites for hydroxylation is 1. The molecule has 0 saturated heterocycles. The largest absolute Gasteiger partial charge is 0.383 e. The van der Waals surface area contributed by atoms with Gasteiger partial charge in [0, 0.05) is 5.56 Å². The molecular weight excluding hydrogens is 327 g/mol. The van der Waals surface area contributed by atoms with Crippen LogP contribution < -0.4 is 0 Å². The predicted molar refractivity (Wildman–Crippen MR) is 72.2 cm³/mol. The lowest BCUT2D eigenvalue weighted by molar-refractivity contribution is 0.218. The van der Waals surface area contributed by atoms with Crippen LogP contribution in [0.1, 0.15) is 22.1 Å². The Kier molecular flexibility index (Phi) is 3.88. The smallest absolute Gasteiger partial charge is 0.143 e. The zero-order chi connectivity index (χ0) is 12.6. The number of halogens is 3. The summed E-state index contributed by atoms with van der Waals surface area (Å²) in [6, 6.07) is 4.82. The van der Waals surface area contributed by atoms with Gasteiger partial charge in [-0.3, -0.25) is 0 Å². The van der Waals surface area contributed by atoms with Gasteiger partial charge in [0.25, 0.3) is 0 Å². The van der Waals surface area contributed by atoms with Gasteiger partial charge in [0.05, 0.1) is 14.4 Å². The summed E-state index contributed by atoms with van der Waals surface area (Å²) < 4.78 is 14.2. The van der Waals surface area contributed by atoms with Crippen LogP contribution in [-0.2, 0) is 0 Å². The molecule has 2 aromatic rings. The molecule has 0 amide bonds. The Labute approximate surface area is 116 Å². The lowest BCUT2D eigenvalue weighted by Crippen LogP contribution is -2.01. The average molecular weight is 336 g/mol. The van der Waals surface area contributed by atoms with Gasteiger partial charge in [-0.2, -0.15) is 0 Å². The molecule has 0 aliphatic carbocycles. The molecule has 0 aliphatic heterocycles. The molecule has 2 rings (SSSR count). The van der Waals surface area contributed by atoms with Crippen molar-refractivity contribution in [3.05, 3.63) is 54.9 Å². The van der Waals surface area contributed by atoms with Crippen molar-refractivity contribution in [1.29, 1.82) is 0 Å². The van der Waals surface area contributed by atoms with E-state index in [0.29, 0.717) is 14.4 Å². The fourth-order valence-corrected chi connectivity index (χ4v) is 3.19. The van der Waals surface area contributed by atoms with E-state index < -0.39 is 11.9 Å². The molecule has 90 valence electrons. The maximum Gasteiger partial charge on any atom is 0.143 e. The van der Waals surface area contributed by atoms with Crippen molar-refractivity contribution < 1.29 is 9.50 Å². The average Bonchev–Trinajstić information content (AvgIpc) is 2.63. The minimum Gasteiger partial charge on any atom is -0.383 e. The Hall–Kier alpha value is -0.420. The van der Waals surface area contributed by atoms with Gasteiger partial charge in [0.15, 0.2) is 0 Å². The van der Waals surface area contributed by atoms with Crippen LogP contribution in [0.3, 0.4) is 0 Å². The van der Waals surface area contributed by atoms with Crippen molar-refractivity contribution in [3.8, 4) is 0 Å². The molecule has 0 aliphatic rings. The van der Waals surface area contributed by atoms with Gasteiger partial charge in [-0.1, -0.05) is 23.7 Å². The molecule has 1 aromatic carbocycles. The summed E-state index contributed by atoms with van der Waals surface area (Å²) in [5, 5.41) is 12.5. The zero-order valence-corrected chi connectivity index (χ0v) is 12.0. The highest BCUT2D eigenvalue weighted by Gasteiger charge is 2.21. The molecule has 1 nitrogen and oxygen atoms in total. The highest BCUT2D eigenvalue weighted by Crippen LogP contribution is 2.37.